The lowest BCUT2D eigenvalue weighted by molar-refractivity contribution is -0.130. The molecule has 1 saturated heterocycles. The molecule has 1 aliphatic carbocycles. The van der Waals surface area contributed by atoms with E-state index in [4.69, 9.17) is 0 Å². The Morgan fingerprint density at radius 3 is 2.44 bits per heavy atom. The van der Waals surface area contributed by atoms with Crippen molar-refractivity contribution < 1.29 is 9.90 Å². The minimum atomic E-state index is -0.519. The van der Waals surface area contributed by atoms with Crippen LogP contribution in [0, 0.1) is 0 Å². The van der Waals surface area contributed by atoms with Gasteiger partial charge >= 0.3 is 0 Å². The molecule has 0 bridgehead atoms. The lowest BCUT2D eigenvalue weighted by Crippen LogP contribution is -2.43. The minimum Gasteiger partial charge on any atom is -0.389 e. The first-order valence-corrected chi connectivity index (χ1v) is 7.41. The number of nitrogens with one attached hydrogen (secondary N) is 1. The Morgan fingerprint density at radius 2 is 1.78 bits per heavy atom. The number of nitrogens with zero attached hydrogens (tertiary/aromatic N) is 1. The summed E-state index contributed by atoms with van der Waals surface area (Å²) in [5, 5.41) is 13.5. The summed E-state index contributed by atoms with van der Waals surface area (Å²) in [6, 6.07) is 0. The standard InChI is InChI=1S/C14H26N2O2/c17-13(16-10-4-5-11-16)6-9-15-12-14(18)7-2-1-3-8-14/h15,18H,1-12H2. The maximum atomic E-state index is 11.8. The van der Waals surface area contributed by atoms with Gasteiger partial charge in [-0.25, -0.2) is 0 Å². The Balaban J connectivity index is 1.58. The lowest BCUT2D eigenvalue weighted by atomic mass is 9.85. The molecule has 104 valence electrons. The van der Waals surface area contributed by atoms with Crippen molar-refractivity contribution in [3.63, 3.8) is 0 Å². The first-order chi connectivity index (χ1) is 8.70. The Labute approximate surface area is 110 Å². The fourth-order valence-electron chi connectivity index (χ4n) is 3.03. The zero-order valence-electron chi connectivity index (χ0n) is 11.3. The van der Waals surface area contributed by atoms with E-state index in [0.717, 1.165) is 51.6 Å². The van der Waals surface area contributed by atoms with Gasteiger partial charge in [-0.15, -0.1) is 0 Å². The molecule has 0 unspecified atom stereocenters. The predicted molar refractivity (Wildman–Crippen MR) is 71.3 cm³/mol. The molecule has 1 amide bonds. The van der Waals surface area contributed by atoms with Crippen molar-refractivity contribution in [1.82, 2.24) is 10.2 Å². The summed E-state index contributed by atoms with van der Waals surface area (Å²) in [7, 11) is 0. The van der Waals surface area contributed by atoms with Crippen molar-refractivity contribution >= 4 is 5.91 Å². The molecule has 2 N–H and O–H groups in total. The van der Waals surface area contributed by atoms with E-state index in [-0.39, 0.29) is 5.91 Å². The minimum absolute atomic E-state index is 0.260. The second kappa shape index (κ2) is 6.53. The number of amides is 1. The number of carbonyl (C=O) groups excluding carboxylic acids is 1. The Morgan fingerprint density at radius 1 is 1.11 bits per heavy atom. The summed E-state index contributed by atoms with van der Waals surface area (Å²) in [5.41, 5.74) is -0.519. The number of rotatable bonds is 5. The van der Waals surface area contributed by atoms with E-state index >= 15 is 0 Å². The van der Waals surface area contributed by atoms with Gasteiger partial charge in [0.1, 0.15) is 0 Å². The van der Waals surface area contributed by atoms with Crippen molar-refractivity contribution in [2.75, 3.05) is 26.2 Å². The van der Waals surface area contributed by atoms with E-state index in [9.17, 15) is 9.90 Å². The molecule has 4 nitrogen and oxygen atoms in total. The molecule has 4 heteroatoms. The highest BCUT2D eigenvalue weighted by Crippen LogP contribution is 2.27. The topological polar surface area (TPSA) is 52.6 Å². The Kier molecular flexibility index (Phi) is 5.01. The van der Waals surface area contributed by atoms with Crippen LogP contribution in [0.15, 0.2) is 0 Å². The molecule has 2 fully saturated rings. The molecule has 1 aliphatic heterocycles. The SMILES string of the molecule is O=C(CCNCC1(O)CCCCC1)N1CCCC1. The Hall–Kier alpha value is -0.610. The van der Waals surface area contributed by atoms with Gasteiger partial charge < -0.3 is 15.3 Å². The summed E-state index contributed by atoms with van der Waals surface area (Å²) < 4.78 is 0. The molecular formula is C14H26N2O2. The van der Waals surface area contributed by atoms with Crippen molar-refractivity contribution in [1.29, 1.82) is 0 Å². The van der Waals surface area contributed by atoms with Crippen LogP contribution in [0.3, 0.4) is 0 Å². The average Bonchev–Trinajstić information content (AvgIpc) is 2.89. The number of carbonyl (C=O) groups is 1. The molecule has 0 aromatic carbocycles. The van der Waals surface area contributed by atoms with Crippen LogP contribution in [-0.4, -0.2) is 47.7 Å². The van der Waals surface area contributed by atoms with E-state index in [0.29, 0.717) is 19.5 Å². The normalized spacial score (nSPS) is 23.3. The highest BCUT2D eigenvalue weighted by atomic mass is 16.3. The summed E-state index contributed by atoms with van der Waals surface area (Å²) in [5.74, 6) is 0.260. The van der Waals surface area contributed by atoms with Gasteiger partial charge in [0.15, 0.2) is 0 Å². The van der Waals surface area contributed by atoms with Gasteiger partial charge in [-0.1, -0.05) is 19.3 Å². The van der Waals surface area contributed by atoms with Gasteiger partial charge in [-0.2, -0.15) is 0 Å². The second-order valence-electron chi connectivity index (χ2n) is 5.80. The van der Waals surface area contributed by atoms with Crippen LogP contribution in [0.25, 0.3) is 0 Å². The highest BCUT2D eigenvalue weighted by molar-refractivity contribution is 5.76. The second-order valence-corrected chi connectivity index (χ2v) is 5.80. The average molecular weight is 254 g/mol. The largest absolute Gasteiger partial charge is 0.389 e. The number of hydrogen-bond acceptors (Lipinski definition) is 3. The maximum absolute atomic E-state index is 11.8. The van der Waals surface area contributed by atoms with Gasteiger partial charge in [-0.05, 0) is 25.7 Å². The smallest absolute Gasteiger partial charge is 0.223 e. The molecule has 0 aromatic rings. The van der Waals surface area contributed by atoms with Gasteiger partial charge in [0.05, 0.1) is 5.60 Å². The van der Waals surface area contributed by atoms with E-state index < -0.39 is 5.60 Å². The summed E-state index contributed by atoms with van der Waals surface area (Å²) in [6.07, 6.45) is 8.18. The van der Waals surface area contributed by atoms with Crippen LogP contribution in [0.4, 0.5) is 0 Å². The van der Waals surface area contributed by atoms with Crippen molar-refractivity contribution in [2.45, 2.75) is 57.0 Å². The molecule has 0 spiro atoms. The first-order valence-electron chi connectivity index (χ1n) is 7.41. The van der Waals surface area contributed by atoms with Crippen molar-refractivity contribution in [2.24, 2.45) is 0 Å². The van der Waals surface area contributed by atoms with E-state index in [1.165, 1.54) is 6.42 Å². The summed E-state index contributed by atoms with van der Waals surface area (Å²) in [6.45, 7) is 3.20. The zero-order valence-corrected chi connectivity index (χ0v) is 11.3. The van der Waals surface area contributed by atoms with Crippen LogP contribution < -0.4 is 5.32 Å². The van der Waals surface area contributed by atoms with Gasteiger partial charge in [0.2, 0.25) is 5.91 Å². The van der Waals surface area contributed by atoms with Crippen LogP contribution in [0.1, 0.15) is 51.4 Å². The third-order valence-electron chi connectivity index (χ3n) is 4.21. The van der Waals surface area contributed by atoms with E-state index in [1.807, 2.05) is 4.90 Å². The summed E-state index contributed by atoms with van der Waals surface area (Å²) in [4.78, 5) is 13.8. The molecule has 18 heavy (non-hydrogen) atoms. The molecule has 1 saturated carbocycles. The molecule has 2 aliphatic rings. The van der Waals surface area contributed by atoms with Crippen molar-refractivity contribution in [3.8, 4) is 0 Å². The Bertz CT molecular complexity index is 269. The van der Waals surface area contributed by atoms with E-state index in [1.54, 1.807) is 0 Å². The predicted octanol–water partition coefficient (Wildman–Crippen LogP) is 1.28. The fraction of sp³-hybridized carbons (Fsp3) is 0.929. The molecule has 0 aromatic heterocycles. The molecule has 0 radical (unpaired) electrons. The van der Waals surface area contributed by atoms with Crippen LogP contribution in [0.5, 0.6) is 0 Å². The first kappa shape index (κ1) is 13.8. The zero-order chi connectivity index (χ0) is 12.8. The molecule has 2 rings (SSSR count). The van der Waals surface area contributed by atoms with Gasteiger partial charge in [-0.3, -0.25) is 4.79 Å². The van der Waals surface area contributed by atoms with E-state index in [2.05, 4.69) is 5.32 Å². The maximum Gasteiger partial charge on any atom is 0.223 e. The third-order valence-corrected chi connectivity index (χ3v) is 4.21. The van der Waals surface area contributed by atoms with Crippen LogP contribution in [-0.2, 0) is 4.79 Å². The molecular weight excluding hydrogens is 228 g/mol. The fourth-order valence-corrected chi connectivity index (χ4v) is 3.03. The van der Waals surface area contributed by atoms with Crippen LogP contribution >= 0.6 is 0 Å². The van der Waals surface area contributed by atoms with Gasteiger partial charge in [0.25, 0.3) is 0 Å². The van der Waals surface area contributed by atoms with Gasteiger partial charge in [0, 0.05) is 32.6 Å². The summed E-state index contributed by atoms with van der Waals surface area (Å²) >= 11 is 0. The number of aliphatic hydroxyl groups is 1. The number of likely N-dealkylation sites (tertiary alicyclic amines) is 1. The van der Waals surface area contributed by atoms with Crippen LogP contribution in [0.2, 0.25) is 0 Å². The third kappa shape index (κ3) is 3.95. The number of hydrogen-bond donors (Lipinski definition) is 2. The highest BCUT2D eigenvalue weighted by Gasteiger charge is 2.28. The monoisotopic (exact) mass is 254 g/mol. The van der Waals surface area contributed by atoms with Crippen molar-refractivity contribution in [3.05, 3.63) is 0 Å². The molecule has 0 atom stereocenters. The quantitative estimate of drug-likeness (QED) is 0.727. The lowest BCUT2D eigenvalue weighted by Gasteiger charge is -2.32. The molecule has 1 heterocycles.